The Morgan fingerprint density at radius 2 is 1.95 bits per heavy atom. The van der Waals surface area contributed by atoms with Gasteiger partial charge in [-0.3, -0.25) is 0 Å². The molecule has 0 aliphatic rings. The molecule has 2 N–H and O–H groups in total. The predicted octanol–water partition coefficient (Wildman–Crippen LogP) is 3.94. The molecule has 0 heterocycles. The van der Waals surface area contributed by atoms with Crippen LogP contribution in [0.3, 0.4) is 0 Å². The average molecular weight is 287 g/mol. The Balaban J connectivity index is 2.09. The Kier molecular flexibility index (Phi) is 5.50. The third-order valence-corrected chi connectivity index (χ3v) is 4.58. The Hall–Kier alpha value is -1.45. The van der Waals surface area contributed by atoms with Gasteiger partial charge in [0, 0.05) is 23.1 Å². The fourth-order valence-electron chi connectivity index (χ4n) is 2.22. The van der Waals surface area contributed by atoms with Crippen LogP contribution in [0.15, 0.2) is 48.5 Å². The third-order valence-electron chi connectivity index (χ3n) is 3.23. The standard InChI is InChI=1S/C17H21NOS/c1-13-6-5-7-14(10-13)12-20-17(11-18)15-8-3-4-9-16(15)19-2/h3-10,17H,11-12,18H2,1-2H3. The number of ether oxygens (including phenoxy) is 1. The lowest BCUT2D eigenvalue weighted by Gasteiger charge is -2.18. The first kappa shape index (κ1) is 14.9. The summed E-state index contributed by atoms with van der Waals surface area (Å²) in [5.74, 6) is 1.88. The number of thioether (sulfide) groups is 1. The quantitative estimate of drug-likeness (QED) is 0.874. The topological polar surface area (TPSA) is 35.2 Å². The molecule has 0 aliphatic heterocycles. The zero-order valence-corrected chi connectivity index (χ0v) is 12.8. The molecule has 1 atom stereocenters. The fraction of sp³-hybridized carbons (Fsp3) is 0.294. The number of rotatable bonds is 6. The summed E-state index contributed by atoms with van der Waals surface area (Å²) in [6, 6.07) is 16.7. The van der Waals surface area contributed by atoms with Crippen molar-refractivity contribution in [3.63, 3.8) is 0 Å². The Bertz CT molecular complexity index is 556. The van der Waals surface area contributed by atoms with Gasteiger partial charge in [0.15, 0.2) is 0 Å². The number of aryl methyl sites for hydroxylation is 1. The van der Waals surface area contributed by atoms with E-state index in [9.17, 15) is 0 Å². The van der Waals surface area contributed by atoms with Gasteiger partial charge in [-0.05, 0) is 18.6 Å². The van der Waals surface area contributed by atoms with Crippen LogP contribution in [0.5, 0.6) is 5.75 Å². The van der Waals surface area contributed by atoms with Crippen molar-refractivity contribution in [2.75, 3.05) is 13.7 Å². The first-order valence-electron chi connectivity index (χ1n) is 6.74. The van der Waals surface area contributed by atoms with E-state index in [1.165, 1.54) is 16.7 Å². The lowest BCUT2D eigenvalue weighted by Crippen LogP contribution is -2.10. The molecule has 0 saturated heterocycles. The fourth-order valence-corrected chi connectivity index (χ4v) is 3.30. The highest BCUT2D eigenvalue weighted by molar-refractivity contribution is 7.98. The molecule has 106 valence electrons. The number of para-hydroxylation sites is 1. The molecular formula is C17H21NOS. The van der Waals surface area contributed by atoms with Gasteiger partial charge in [0.05, 0.1) is 7.11 Å². The molecule has 2 aromatic carbocycles. The van der Waals surface area contributed by atoms with Crippen LogP contribution in [-0.4, -0.2) is 13.7 Å². The normalized spacial score (nSPS) is 12.2. The number of nitrogens with two attached hydrogens (primary N) is 1. The summed E-state index contributed by atoms with van der Waals surface area (Å²) in [5, 5.41) is 0.256. The van der Waals surface area contributed by atoms with Gasteiger partial charge >= 0.3 is 0 Å². The summed E-state index contributed by atoms with van der Waals surface area (Å²) in [6.45, 7) is 2.73. The van der Waals surface area contributed by atoms with Gasteiger partial charge in [0.25, 0.3) is 0 Å². The van der Waals surface area contributed by atoms with Gasteiger partial charge in [0.1, 0.15) is 5.75 Å². The van der Waals surface area contributed by atoms with Gasteiger partial charge < -0.3 is 10.5 Å². The summed E-state index contributed by atoms with van der Waals surface area (Å²) in [5.41, 5.74) is 9.75. The molecule has 0 bridgehead atoms. The molecule has 2 aromatic rings. The van der Waals surface area contributed by atoms with E-state index in [0.717, 1.165) is 11.5 Å². The van der Waals surface area contributed by atoms with Crippen LogP contribution in [0.2, 0.25) is 0 Å². The summed E-state index contributed by atoms with van der Waals surface area (Å²) in [7, 11) is 1.71. The van der Waals surface area contributed by atoms with E-state index in [1.807, 2.05) is 30.0 Å². The second-order valence-corrected chi connectivity index (χ2v) is 5.96. The van der Waals surface area contributed by atoms with Crippen molar-refractivity contribution >= 4 is 11.8 Å². The number of benzene rings is 2. The minimum atomic E-state index is 0.256. The maximum atomic E-state index is 5.95. The highest BCUT2D eigenvalue weighted by atomic mass is 32.2. The maximum absolute atomic E-state index is 5.95. The molecule has 0 aromatic heterocycles. The van der Waals surface area contributed by atoms with Crippen molar-refractivity contribution < 1.29 is 4.74 Å². The maximum Gasteiger partial charge on any atom is 0.123 e. The SMILES string of the molecule is COc1ccccc1C(CN)SCc1cccc(C)c1. The summed E-state index contributed by atoms with van der Waals surface area (Å²) in [4.78, 5) is 0. The van der Waals surface area contributed by atoms with Crippen molar-refractivity contribution in [1.29, 1.82) is 0 Å². The number of hydrogen-bond donors (Lipinski definition) is 1. The number of hydrogen-bond acceptors (Lipinski definition) is 3. The van der Waals surface area contributed by atoms with Crippen LogP contribution in [-0.2, 0) is 5.75 Å². The average Bonchev–Trinajstić information content (AvgIpc) is 2.48. The molecule has 3 heteroatoms. The Morgan fingerprint density at radius 3 is 2.65 bits per heavy atom. The van der Waals surface area contributed by atoms with E-state index >= 15 is 0 Å². The molecule has 0 spiro atoms. The highest BCUT2D eigenvalue weighted by Gasteiger charge is 2.14. The minimum Gasteiger partial charge on any atom is -0.496 e. The second-order valence-electron chi connectivity index (χ2n) is 4.77. The van der Waals surface area contributed by atoms with Gasteiger partial charge in [0.2, 0.25) is 0 Å². The van der Waals surface area contributed by atoms with Crippen molar-refractivity contribution in [3.8, 4) is 5.75 Å². The van der Waals surface area contributed by atoms with Crippen LogP contribution < -0.4 is 10.5 Å². The smallest absolute Gasteiger partial charge is 0.123 e. The van der Waals surface area contributed by atoms with Crippen LogP contribution in [0.4, 0.5) is 0 Å². The van der Waals surface area contributed by atoms with E-state index in [1.54, 1.807) is 7.11 Å². The Morgan fingerprint density at radius 1 is 1.15 bits per heavy atom. The van der Waals surface area contributed by atoms with Crippen molar-refractivity contribution in [2.24, 2.45) is 5.73 Å². The lowest BCUT2D eigenvalue weighted by atomic mass is 10.1. The zero-order chi connectivity index (χ0) is 14.4. The Labute approximate surface area is 125 Å². The molecule has 0 radical (unpaired) electrons. The first-order chi connectivity index (χ1) is 9.74. The van der Waals surface area contributed by atoms with E-state index in [-0.39, 0.29) is 5.25 Å². The van der Waals surface area contributed by atoms with Crippen LogP contribution in [0.1, 0.15) is 21.9 Å². The van der Waals surface area contributed by atoms with E-state index in [4.69, 9.17) is 10.5 Å². The summed E-state index contributed by atoms with van der Waals surface area (Å²) >= 11 is 1.86. The molecule has 0 saturated carbocycles. The third kappa shape index (κ3) is 3.78. The minimum absolute atomic E-state index is 0.256. The van der Waals surface area contributed by atoms with Gasteiger partial charge in [-0.1, -0.05) is 48.0 Å². The van der Waals surface area contributed by atoms with Crippen molar-refractivity contribution in [1.82, 2.24) is 0 Å². The highest BCUT2D eigenvalue weighted by Crippen LogP contribution is 2.35. The van der Waals surface area contributed by atoms with Gasteiger partial charge in [-0.15, -0.1) is 11.8 Å². The zero-order valence-electron chi connectivity index (χ0n) is 12.0. The number of methoxy groups -OCH3 is 1. The second kappa shape index (κ2) is 7.36. The molecular weight excluding hydrogens is 266 g/mol. The molecule has 20 heavy (non-hydrogen) atoms. The molecule has 2 nitrogen and oxygen atoms in total. The largest absolute Gasteiger partial charge is 0.496 e. The molecule has 0 amide bonds. The van der Waals surface area contributed by atoms with Crippen molar-refractivity contribution in [2.45, 2.75) is 17.9 Å². The summed E-state index contributed by atoms with van der Waals surface area (Å²) in [6.07, 6.45) is 0. The van der Waals surface area contributed by atoms with E-state index in [0.29, 0.717) is 6.54 Å². The van der Waals surface area contributed by atoms with Crippen molar-refractivity contribution in [3.05, 3.63) is 65.2 Å². The summed E-state index contributed by atoms with van der Waals surface area (Å²) < 4.78 is 5.43. The van der Waals surface area contributed by atoms with E-state index in [2.05, 4.69) is 37.3 Å². The molecule has 2 rings (SSSR count). The van der Waals surface area contributed by atoms with E-state index < -0.39 is 0 Å². The monoisotopic (exact) mass is 287 g/mol. The van der Waals surface area contributed by atoms with Crippen LogP contribution >= 0.6 is 11.8 Å². The van der Waals surface area contributed by atoms with Crippen LogP contribution in [0.25, 0.3) is 0 Å². The molecule has 0 fully saturated rings. The lowest BCUT2D eigenvalue weighted by molar-refractivity contribution is 0.409. The molecule has 1 unspecified atom stereocenters. The van der Waals surface area contributed by atoms with Gasteiger partial charge in [-0.2, -0.15) is 0 Å². The molecule has 0 aliphatic carbocycles. The first-order valence-corrected chi connectivity index (χ1v) is 7.79. The van der Waals surface area contributed by atoms with Crippen LogP contribution in [0, 0.1) is 6.92 Å². The predicted molar refractivity (Wildman–Crippen MR) is 87.3 cm³/mol. The van der Waals surface area contributed by atoms with Gasteiger partial charge in [-0.25, -0.2) is 0 Å².